The van der Waals surface area contributed by atoms with E-state index in [1.165, 1.54) is 6.92 Å². The second kappa shape index (κ2) is 7.28. The van der Waals surface area contributed by atoms with Gasteiger partial charge in [-0.2, -0.15) is 0 Å². The monoisotopic (exact) mass is 278 g/mol. The number of carbonyl (C=O) groups is 3. The molecule has 0 radical (unpaired) electrons. The molecule has 0 fully saturated rings. The number of carboxylic acids is 1. The Morgan fingerprint density at radius 2 is 1.80 bits per heavy atom. The maximum absolute atomic E-state index is 11.8. The Balaban J connectivity index is 2.47. The van der Waals surface area contributed by atoms with Crippen LogP contribution in [0.1, 0.15) is 30.6 Å². The van der Waals surface area contributed by atoms with Crippen LogP contribution in [0.25, 0.3) is 0 Å². The Morgan fingerprint density at radius 1 is 1.20 bits per heavy atom. The molecule has 1 aromatic carbocycles. The molecular formula is C14H18N2O4. The summed E-state index contributed by atoms with van der Waals surface area (Å²) in [7, 11) is 0. The number of anilines is 1. The van der Waals surface area contributed by atoms with Crippen LogP contribution in [0.2, 0.25) is 0 Å². The van der Waals surface area contributed by atoms with E-state index < -0.39 is 11.9 Å². The average molecular weight is 278 g/mol. The lowest BCUT2D eigenvalue weighted by Gasteiger charge is -2.08. The molecule has 108 valence electrons. The molecule has 0 aliphatic heterocycles. The summed E-state index contributed by atoms with van der Waals surface area (Å²) in [6.07, 6.45) is 0.380. The summed E-state index contributed by atoms with van der Waals surface area (Å²) in [5.41, 5.74) is 1.08. The Morgan fingerprint density at radius 3 is 2.30 bits per heavy atom. The van der Waals surface area contributed by atoms with Gasteiger partial charge in [-0.1, -0.05) is 6.92 Å². The van der Waals surface area contributed by atoms with Crippen molar-refractivity contribution in [3.63, 3.8) is 0 Å². The van der Waals surface area contributed by atoms with Crippen LogP contribution in [0.4, 0.5) is 5.69 Å². The fourth-order valence-corrected chi connectivity index (χ4v) is 1.54. The van der Waals surface area contributed by atoms with E-state index in [9.17, 15) is 14.4 Å². The van der Waals surface area contributed by atoms with Gasteiger partial charge in [0.15, 0.2) is 0 Å². The molecule has 3 N–H and O–H groups in total. The number of carbonyl (C=O) groups excluding carboxylic acids is 2. The third kappa shape index (κ3) is 5.09. The van der Waals surface area contributed by atoms with E-state index in [0.717, 1.165) is 0 Å². The molecule has 2 amide bonds. The van der Waals surface area contributed by atoms with Gasteiger partial charge in [-0.05, 0) is 30.7 Å². The van der Waals surface area contributed by atoms with Crippen molar-refractivity contribution >= 4 is 23.5 Å². The number of hydrogen-bond donors (Lipinski definition) is 3. The van der Waals surface area contributed by atoms with Crippen molar-refractivity contribution in [1.82, 2.24) is 5.32 Å². The molecule has 0 bridgehead atoms. The van der Waals surface area contributed by atoms with Crippen molar-refractivity contribution in [2.24, 2.45) is 5.92 Å². The van der Waals surface area contributed by atoms with E-state index in [4.69, 9.17) is 5.11 Å². The van der Waals surface area contributed by atoms with E-state index in [1.54, 1.807) is 31.2 Å². The highest BCUT2D eigenvalue weighted by molar-refractivity contribution is 5.95. The largest absolute Gasteiger partial charge is 0.481 e. The normalized spacial score (nSPS) is 11.5. The summed E-state index contributed by atoms with van der Waals surface area (Å²) < 4.78 is 0. The number of hydrogen-bond acceptors (Lipinski definition) is 3. The summed E-state index contributed by atoms with van der Waals surface area (Å²) in [6.45, 7) is 3.31. The van der Waals surface area contributed by atoms with Crippen molar-refractivity contribution in [2.75, 3.05) is 11.9 Å². The minimum Gasteiger partial charge on any atom is -0.481 e. The highest BCUT2D eigenvalue weighted by atomic mass is 16.4. The second-order valence-corrected chi connectivity index (χ2v) is 4.54. The lowest BCUT2D eigenvalue weighted by molar-refractivity contribution is -0.141. The van der Waals surface area contributed by atoms with Gasteiger partial charge in [-0.3, -0.25) is 14.4 Å². The third-order valence-electron chi connectivity index (χ3n) is 2.75. The molecule has 1 atom stereocenters. The molecule has 0 saturated heterocycles. The van der Waals surface area contributed by atoms with Crippen LogP contribution >= 0.6 is 0 Å². The number of aliphatic carboxylic acids is 1. The third-order valence-corrected chi connectivity index (χ3v) is 2.75. The molecule has 1 unspecified atom stereocenters. The van der Waals surface area contributed by atoms with Crippen LogP contribution in [0.3, 0.4) is 0 Å². The molecular weight excluding hydrogens is 260 g/mol. The van der Waals surface area contributed by atoms with Gasteiger partial charge in [0.2, 0.25) is 5.91 Å². The average Bonchev–Trinajstić information content (AvgIpc) is 2.38. The lowest BCUT2D eigenvalue weighted by atomic mass is 10.1. The van der Waals surface area contributed by atoms with Crippen molar-refractivity contribution in [3.8, 4) is 0 Å². The van der Waals surface area contributed by atoms with Crippen LogP contribution < -0.4 is 10.6 Å². The molecule has 0 aliphatic rings. The standard InChI is InChI=1S/C14H18N2O4/c1-9(14(19)20)7-8-15-13(18)11-3-5-12(6-4-11)16-10(2)17/h3-6,9H,7-8H2,1-2H3,(H,15,18)(H,16,17)(H,19,20). The van der Waals surface area contributed by atoms with Crippen molar-refractivity contribution < 1.29 is 19.5 Å². The minimum atomic E-state index is -0.876. The SMILES string of the molecule is CC(=O)Nc1ccc(C(=O)NCCC(C)C(=O)O)cc1. The van der Waals surface area contributed by atoms with Gasteiger partial charge in [0.25, 0.3) is 5.91 Å². The molecule has 0 aliphatic carbocycles. The fraction of sp³-hybridized carbons (Fsp3) is 0.357. The Labute approximate surface area is 117 Å². The van der Waals surface area contributed by atoms with Gasteiger partial charge in [0, 0.05) is 24.7 Å². The zero-order chi connectivity index (χ0) is 15.1. The quantitative estimate of drug-likeness (QED) is 0.734. The number of carboxylic acid groups (broad SMARTS) is 1. The minimum absolute atomic E-state index is 0.176. The van der Waals surface area contributed by atoms with Crippen LogP contribution in [0.15, 0.2) is 24.3 Å². The second-order valence-electron chi connectivity index (χ2n) is 4.54. The first-order valence-electron chi connectivity index (χ1n) is 6.29. The summed E-state index contributed by atoms with van der Waals surface area (Å²) >= 11 is 0. The molecule has 0 saturated carbocycles. The summed E-state index contributed by atoms with van der Waals surface area (Å²) in [6, 6.07) is 6.47. The van der Waals surface area contributed by atoms with Crippen LogP contribution in [-0.2, 0) is 9.59 Å². The number of amides is 2. The van der Waals surface area contributed by atoms with Crippen molar-refractivity contribution in [1.29, 1.82) is 0 Å². The van der Waals surface area contributed by atoms with Gasteiger partial charge in [0.1, 0.15) is 0 Å². The van der Waals surface area contributed by atoms with Gasteiger partial charge >= 0.3 is 5.97 Å². The van der Waals surface area contributed by atoms with Gasteiger partial charge in [0.05, 0.1) is 5.92 Å². The maximum Gasteiger partial charge on any atom is 0.306 e. The van der Waals surface area contributed by atoms with Crippen LogP contribution in [-0.4, -0.2) is 29.4 Å². The first kappa shape index (κ1) is 15.7. The van der Waals surface area contributed by atoms with Crippen molar-refractivity contribution in [2.45, 2.75) is 20.3 Å². The predicted octanol–water partition coefficient (Wildman–Crippen LogP) is 1.49. The van der Waals surface area contributed by atoms with Crippen LogP contribution in [0.5, 0.6) is 0 Å². The Bertz CT molecular complexity index is 496. The Kier molecular flexibility index (Phi) is 5.71. The van der Waals surface area contributed by atoms with E-state index in [1.807, 2.05) is 0 Å². The van der Waals surface area contributed by atoms with E-state index >= 15 is 0 Å². The molecule has 0 spiro atoms. The maximum atomic E-state index is 11.8. The molecule has 0 aromatic heterocycles. The number of nitrogens with one attached hydrogen (secondary N) is 2. The fourth-order valence-electron chi connectivity index (χ4n) is 1.54. The molecule has 0 heterocycles. The number of rotatable bonds is 6. The summed E-state index contributed by atoms with van der Waals surface area (Å²) in [5, 5.41) is 14.0. The Hall–Kier alpha value is -2.37. The molecule has 20 heavy (non-hydrogen) atoms. The van der Waals surface area contributed by atoms with Crippen LogP contribution in [0, 0.1) is 5.92 Å². The van der Waals surface area contributed by atoms with E-state index in [0.29, 0.717) is 24.2 Å². The molecule has 1 aromatic rings. The highest BCUT2D eigenvalue weighted by Crippen LogP contribution is 2.09. The summed E-state index contributed by atoms with van der Waals surface area (Å²) in [4.78, 5) is 33.3. The van der Waals surface area contributed by atoms with E-state index in [-0.39, 0.29) is 11.8 Å². The first-order valence-corrected chi connectivity index (χ1v) is 6.29. The predicted molar refractivity (Wildman–Crippen MR) is 74.5 cm³/mol. The lowest BCUT2D eigenvalue weighted by Crippen LogP contribution is -2.27. The first-order chi connectivity index (χ1) is 9.40. The smallest absolute Gasteiger partial charge is 0.306 e. The highest BCUT2D eigenvalue weighted by Gasteiger charge is 2.11. The van der Waals surface area contributed by atoms with Gasteiger partial charge in [-0.25, -0.2) is 0 Å². The zero-order valence-electron chi connectivity index (χ0n) is 11.5. The number of benzene rings is 1. The molecule has 1 rings (SSSR count). The van der Waals surface area contributed by atoms with Crippen molar-refractivity contribution in [3.05, 3.63) is 29.8 Å². The van der Waals surface area contributed by atoms with Gasteiger partial charge < -0.3 is 15.7 Å². The molecule has 6 heteroatoms. The molecule has 6 nitrogen and oxygen atoms in total. The summed E-state index contributed by atoms with van der Waals surface area (Å²) in [5.74, 6) is -1.81. The topological polar surface area (TPSA) is 95.5 Å². The van der Waals surface area contributed by atoms with E-state index in [2.05, 4.69) is 10.6 Å². The van der Waals surface area contributed by atoms with Gasteiger partial charge in [-0.15, -0.1) is 0 Å². The zero-order valence-corrected chi connectivity index (χ0v) is 11.5.